The Labute approximate surface area is 76.8 Å². The molecule has 2 fully saturated rings. The van der Waals surface area contributed by atoms with E-state index in [9.17, 15) is 9.59 Å². The number of nitrogens with zero attached hydrogens (tertiary/aromatic N) is 1. The molecule has 1 amide bonds. The van der Waals surface area contributed by atoms with Gasteiger partial charge in [0.25, 0.3) is 0 Å². The Kier molecular flexibility index (Phi) is 2.31. The molecular formula is C9H13NO3. The van der Waals surface area contributed by atoms with Crippen LogP contribution in [0.5, 0.6) is 0 Å². The third-order valence-corrected chi connectivity index (χ3v) is 2.46. The number of hydrogen-bond donors (Lipinski definition) is 0. The van der Waals surface area contributed by atoms with Gasteiger partial charge in [0.1, 0.15) is 6.61 Å². The lowest BCUT2D eigenvalue weighted by atomic mass is 10.2. The number of amides is 1. The van der Waals surface area contributed by atoms with Crippen LogP contribution in [0.2, 0.25) is 0 Å². The number of carbonyl (C=O) groups excluding carboxylic acids is 2. The van der Waals surface area contributed by atoms with E-state index in [0.717, 1.165) is 12.8 Å². The molecule has 2 rings (SSSR count). The van der Waals surface area contributed by atoms with Gasteiger partial charge in [0.2, 0.25) is 5.91 Å². The van der Waals surface area contributed by atoms with Crippen molar-refractivity contribution in [2.24, 2.45) is 5.92 Å². The maximum absolute atomic E-state index is 11.4. The molecule has 0 aromatic heterocycles. The summed E-state index contributed by atoms with van der Waals surface area (Å²) in [6, 6.07) is 0. The lowest BCUT2D eigenvalue weighted by Gasteiger charge is -2.25. The zero-order valence-corrected chi connectivity index (χ0v) is 7.49. The molecule has 0 spiro atoms. The number of carbonyl (C=O) groups is 2. The Bertz CT molecular complexity index is 235. The van der Waals surface area contributed by atoms with Gasteiger partial charge in [0.15, 0.2) is 5.78 Å². The number of morpholine rings is 1. The van der Waals surface area contributed by atoms with E-state index in [1.165, 1.54) is 0 Å². The molecule has 0 N–H and O–H groups in total. The second-order valence-electron chi connectivity index (χ2n) is 3.61. The zero-order valence-electron chi connectivity index (χ0n) is 7.49. The highest BCUT2D eigenvalue weighted by Gasteiger charge is 2.32. The summed E-state index contributed by atoms with van der Waals surface area (Å²) in [4.78, 5) is 24.2. The Hall–Kier alpha value is -0.900. The van der Waals surface area contributed by atoms with Gasteiger partial charge in [0, 0.05) is 12.5 Å². The molecule has 4 heteroatoms. The van der Waals surface area contributed by atoms with Crippen LogP contribution in [-0.4, -0.2) is 42.9 Å². The summed E-state index contributed by atoms with van der Waals surface area (Å²) < 4.78 is 4.97. The second kappa shape index (κ2) is 3.46. The number of Topliss-reactive ketones (excluding diaryl/α,β-unsaturated/α-hetero) is 1. The fraction of sp³-hybridized carbons (Fsp3) is 0.778. The summed E-state index contributed by atoms with van der Waals surface area (Å²) in [6.07, 6.45) is 2.02. The van der Waals surface area contributed by atoms with Crippen LogP contribution >= 0.6 is 0 Å². The van der Waals surface area contributed by atoms with Crippen molar-refractivity contribution in [3.8, 4) is 0 Å². The van der Waals surface area contributed by atoms with E-state index < -0.39 is 0 Å². The molecule has 13 heavy (non-hydrogen) atoms. The first-order valence-corrected chi connectivity index (χ1v) is 4.65. The Morgan fingerprint density at radius 2 is 2.31 bits per heavy atom. The van der Waals surface area contributed by atoms with Crippen molar-refractivity contribution >= 4 is 11.7 Å². The summed E-state index contributed by atoms with van der Waals surface area (Å²) in [5.74, 6) is 0.408. The van der Waals surface area contributed by atoms with Gasteiger partial charge in [-0.2, -0.15) is 0 Å². The summed E-state index contributed by atoms with van der Waals surface area (Å²) in [5.41, 5.74) is 0. The van der Waals surface area contributed by atoms with Crippen molar-refractivity contribution in [3.05, 3.63) is 0 Å². The summed E-state index contributed by atoms with van der Waals surface area (Å²) >= 11 is 0. The zero-order chi connectivity index (χ0) is 9.26. The number of ether oxygens (including phenoxy) is 1. The maximum Gasteiger partial charge on any atom is 0.249 e. The van der Waals surface area contributed by atoms with Crippen molar-refractivity contribution < 1.29 is 14.3 Å². The van der Waals surface area contributed by atoms with E-state index in [0.29, 0.717) is 19.7 Å². The second-order valence-corrected chi connectivity index (χ2v) is 3.61. The monoisotopic (exact) mass is 183 g/mol. The van der Waals surface area contributed by atoms with Crippen LogP contribution in [0.15, 0.2) is 0 Å². The first-order chi connectivity index (χ1) is 6.27. The minimum atomic E-state index is -0.0553. The Balaban J connectivity index is 1.84. The molecule has 0 unspecified atom stereocenters. The normalized spacial score (nSPS) is 23.4. The van der Waals surface area contributed by atoms with E-state index in [2.05, 4.69) is 0 Å². The van der Waals surface area contributed by atoms with Crippen LogP contribution in [0.4, 0.5) is 0 Å². The van der Waals surface area contributed by atoms with E-state index in [4.69, 9.17) is 4.74 Å². The van der Waals surface area contributed by atoms with E-state index in [-0.39, 0.29) is 24.2 Å². The molecule has 1 saturated carbocycles. The third-order valence-electron chi connectivity index (χ3n) is 2.46. The smallest absolute Gasteiger partial charge is 0.249 e. The molecule has 0 bridgehead atoms. The summed E-state index contributed by atoms with van der Waals surface area (Å²) in [5, 5.41) is 0. The van der Waals surface area contributed by atoms with E-state index in [1.54, 1.807) is 4.90 Å². The molecule has 4 nitrogen and oxygen atoms in total. The minimum absolute atomic E-state index is 0.0553. The predicted octanol–water partition coefficient (Wildman–Crippen LogP) is -0.176. The van der Waals surface area contributed by atoms with Crippen LogP contribution in [-0.2, 0) is 14.3 Å². The molecule has 0 radical (unpaired) electrons. The first kappa shape index (κ1) is 8.69. The average molecular weight is 183 g/mol. The quantitative estimate of drug-likeness (QED) is 0.610. The van der Waals surface area contributed by atoms with Crippen molar-refractivity contribution in [1.82, 2.24) is 4.90 Å². The molecule has 1 saturated heterocycles. The molecule has 1 aliphatic heterocycles. The lowest BCUT2D eigenvalue weighted by molar-refractivity contribution is -0.145. The molecule has 72 valence electrons. The highest BCUT2D eigenvalue weighted by atomic mass is 16.5. The summed E-state index contributed by atoms with van der Waals surface area (Å²) in [6.45, 7) is 1.56. The predicted molar refractivity (Wildman–Crippen MR) is 45.1 cm³/mol. The molecule has 2 aliphatic rings. The van der Waals surface area contributed by atoms with Crippen molar-refractivity contribution in [2.45, 2.75) is 12.8 Å². The molecular weight excluding hydrogens is 170 g/mol. The number of hydrogen-bond acceptors (Lipinski definition) is 3. The molecule has 0 aromatic rings. The molecule has 1 heterocycles. The van der Waals surface area contributed by atoms with Gasteiger partial charge in [-0.15, -0.1) is 0 Å². The van der Waals surface area contributed by atoms with Gasteiger partial charge >= 0.3 is 0 Å². The largest absolute Gasteiger partial charge is 0.370 e. The standard InChI is InChI=1S/C9H13NO3/c11-8(7-1-2-7)5-10-3-4-13-6-9(10)12/h7H,1-6H2. The Morgan fingerprint density at radius 3 is 2.92 bits per heavy atom. The van der Waals surface area contributed by atoms with Crippen molar-refractivity contribution in [3.63, 3.8) is 0 Å². The maximum atomic E-state index is 11.4. The minimum Gasteiger partial charge on any atom is -0.370 e. The SMILES string of the molecule is O=C(CN1CCOCC1=O)C1CC1. The van der Waals surface area contributed by atoms with Crippen molar-refractivity contribution in [2.75, 3.05) is 26.3 Å². The van der Waals surface area contributed by atoms with Crippen LogP contribution in [0.1, 0.15) is 12.8 Å². The van der Waals surface area contributed by atoms with Crippen molar-refractivity contribution in [1.29, 1.82) is 0 Å². The van der Waals surface area contributed by atoms with Crippen LogP contribution in [0, 0.1) is 5.92 Å². The number of ketones is 1. The van der Waals surface area contributed by atoms with Crippen LogP contribution in [0.25, 0.3) is 0 Å². The topological polar surface area (TPSA) is 46.6 Å². The highest BCUT2D eigenvalue weighted by molar-refractivity contribution is 5.89. The van der Waals surface area contributed by atoms with E-state index in [1.807, 2.05) is 0 Å². The van der Waals surface area contributed by atoms with Gasteiger partial charge in [0.05, 0.1) is 13.2 Å². The van der Waals surface area contributed by atoms with Gasteiger partial charge in [-0.1, -0.05) is 0 Å². The Morgan fingerprint density at radius 1 is 1.54 bits per heavy atom. The molecule has 0 aromatic carbocycles. The average Bonchev–Trinajstić information content (AvgIpc) is 2.91. The fourth-order valence-electron chi connectivity index (χ4n) is 1.44. The fourth-order valence-corrected chi connectivity index (χ4v) is 1.44. The van der Waals surface area contributed by atoms with Crippen LogP contribution < -0.4 is 0 Å². The molecule has 1 aliphatic carbocycles. The van der Waals surface area contributed by atoms with Gasteiger partial charge in [-0.05, 0) is 12.8 Å². The lowest BCUT2D eigenvalue weighted by Crippen LogP contribution is -2.44. The first-order valence-electron chi connectivity index (χ1n) is 4.65. The summed E-state index contributed by atoms with van der Waals surface area (Å²) in [7, 11) is 0. The van der Waals surface area contributed by atoms with Gasteiger partial charge in [-0.3, -0.25) is 9.59 Å². The van der Waals surface area contributed by atoms with Gasteiger partial charge < -0.3 is 9.64 Å². The van der Waals surface area contributed by atoms with E-state index >= 15 is 0 Å². The number of rotatable bonds is 3. The third kappa shape index (κ3) is 2.06. The van der Waals surface area contributed by atoms with Crippen LogP contribution in [0.3, 0.4) is 0 Å². The van der Waals surface area contributed by atoms with Gasteiger partial charge in [-0.25, -0.2) is 0 Å². The highest BCUT2D eigenvalue weighted by Crippen LogP contribution is 2.30. The molecule has 0 atom stereocenters.